The summed E-state index contributed by atoms with van der Waals surface area (Å²) in [4.78, 5) is 26.4. The van der Waals surface area contributed by atoms with Crippen molar-refractivity contribution in [1.82, 2.24) is 5.32 Å². The molecule has 1 aliphatic heterocycles. The van der Waals surface area contributed by atoms with E-state index < -0.39 is 0 Å². The standard InChI is InChI=1S/C21H25N3O3/c1-4-27-18-10-8-17(9-11-18)24-13-16(12-19(24)25)22-21(26)23-20-14(2)6-5-7-15(20)3/h5-11,16H,4,12-13H2,1-3H3,(H2,22,23,26)/t16-/m0/s1. The molecule has 0 aromatic heterocycles. The van der Waals surface area contributed by atoms with Crippen molar-refractivity contribution in [3.63, 3.8) is 0 Å². The first kappa shape index (κ1) is 18.8. The number of carbonyl (C=O) groups is 2. The van der Waals surface area contributed by atoms with Crippen LogP contribution in [0.1, 0.15) is 24.5 Å². The van der Waals surface area contributed by atoms with E-state index in [-0.39, 0.29) is 24.4 Å². The summed E-state index contributed by atoms with van der Waals surface area (Å²) in [6.45, 7) is 6.89. The van der Waals surface area contributed by atoms with E-state index in [1.807, 2.05) is 63.2 Å². The molecule has 1 saturated heterocycles. The number of nitrogens with one attached hydrogen (secondary N) is 2. The van der Waals surface area contributed by atoms with Crippen molar-refractivity contribution in [2.24, 2.45) is 0 Å². The number of aryl methyl sites for hydroxylation is 2. The fraction of sp³-hybridized carbons (Fsp3) is 0.333. The van der Waals surface area contributed by atoms with Crippen LogP contribution in [0.4, 0.5) is 16.2 Å². The number of nitrogens with zero attached hydrogens (tertiary/aromatic N) is 1. The maximum Gasteiger partial charge on any atom is 0.319 e. The number of benzene rings is 2. The van der Waals surface area contributed by atoms with E-state index in [0.717, 1.165) is 28.3 Å². The Bertz CT molecular complexity index is 813. The number of para-hydroxylation sites is 1. The van der Waals surface area contributed by atoms with Crippen LogP contribution >= 0.6 is 0 Å². The molecule has 2 N–H and O–H groups in total. The fourth-order valence-corrected chi connectivity index (χ4v) is 3.29. The summed E-state index contributed by atoms with van der Waals surface area (Å²) < 4.78 is 5.43. The molecule has 1 fully saturated rings. The number of hydrogen-bond donors (Lipinski definition) is 2. The summed E-state index contributed by atoms with van der Waals surface area (Å²) in [5, 5.41) is 5.81. The van der Waals surface area contributed by atoms with E-state index in [1.165, 1.54) is 0 Å². The Labute approximate surface area is 159 Å². The lowest BCUT2D eigenvalue weighted by Gasteiger charge is -2.18. The monoisotopic (exact) mass is 367 g/mol. The van der Waals surface area contributed by atoms with Gasteiger partial charge in [-0.1, -0.05) is 18.2 Å². The molecule has 3 amide bonds. The first-order chi connectivity index (χ1) is 13.0. The smallest absolute Gasteiger partial charge is 0.319 e. The molecule has 1 aliphatic rings. The van der Waals surface area contributed by atoms with Gasteiger partial charge in [0.05, 0.1) is 12.6 Å². The first-order valence-corrected chi connectivity index (χ1v) is 9.15. The normalized spacial score (nSPS) is 16.3. The van der Waals surface area contributed by atoms with Gasteiger partial charge in [-0.15, -0.1) is 0 Å². The zero-order valence-electron chi connectivity index (χ0n) is 15.9. The summed E-state index contributed by atoms with van der Waals surface area (Å²) >= 11 is 0. The minimum absolute atomic E-state index is 0.00321. The lowest BCUT2D eigenvalue weighted by atomic mass is 10.1. The van der Waals surface area contributed by atoms with Gasteiger partial charge in [0.1, 0.15) is 5.75 Å². The van der Waals surface area contributed by atoms with Gasteiger partial charge in [-0.3, -0.25) is 4.79 Å². The number of ether oxygens (including phenoxy) is 1. The average molecular weight is 367 g/mol. The highest BCUT2D eigenvalue weighted by molar-refractivity contribution is 5.98. The summed E-state index contributed by atoms with van der Waals surface area (Å²) in [6.07, 6.45) is 0.285. The highest BCUT2D eigenvalue weighted by Crippen LogP contribution is 2.24. The predicted octanol–water partition coefficient (Wildman–Crippen LogP) is 3.63. The molecule has 0 bridgehead atoms. The van der Waals surface area contributed by atoms with Gasteiger partial charge in [0, 0.05) is 24.3 Å². The quantitative estimate of drug-likeness (QED) is 0.848. The van der Waals surface area contributed by atoms with Crippen LogP contribution in [0.3, 0.4) is 0 Å². The number of carbonyl (C=O) groups excluding carboxylic acids is 2. The van der Waals surface area contributed by atoms with Gasteiger partial charge < -0.3 is 20.3 Å². The topological polar surface area (TPSA) is 70.7 Å². The second-order valence-electron chi connectivity index (χ2n) is 6.70. The highest BCUT2D eigenvalue weighted by atomic mass is 16.5. The molecule has 6 nitrogen and oxygen atoms in total. The summed E-state index contributed by atoms with van der Waals surface area (Å²) in [5.74, 6) is 0.770. The van der Waals surface area contributed by atoms with Crippen molar-refractivity contribution in [2.45, 2.75) is 33.2 Å². The molecule has 1 heterocycles. The lowest BCUT2D eigenvalue weighted by Crippen LogP contribution is -2.40. The third-order valence-electron chi connectivity index (χ3n) is 4.64. The number of rotatable bonds is 5. The number of anilines is 2. The third-order valence-corrected chi connectivity index (χ3v) is 4.64. The molecule has 0 saturated carbocycles. The van der Waals surface area contributed by atoms with Gasteiger partial charge in [-0.05, 0) is 56.2 Å². The van der Waals surface area contributed by atoms with Crippen molar-refractivity contribution in [2.75, 3.05) is 23.4 Å². The molecule has 0 unspecified atom stereocenters. The Morgan fingerprint density at radius 2 is 1.81 bits per heavy atom. The van der Waals surface area contributed by atoms with Gasteiger partial charge in [0.15, 0.2) is 0 Å². The van der Waals surface area contributed by atoms with Crippen LogP contribution in [0.25, 0.3) is 0 Å². The molecule has 2 aromatic carbocycles. The van der Waals surface area contributed by atoms with Crippen molar-refractivity contribution >= 4 is 23.3 Å². The van der Waals surface area contributed by atoms with Gasteiger partial charge in [-0.2, -0.15) is 0 Å². The first-order valence-electron chi connectivity index (χ1n) is 9.15. The fourth-order valence-electron chi connectivity index (χ4n) is 3.29. The Kier molecular flexibility index (Phi) is 5.64. The van der Waals surface area contributed by atoms with E-state index in [4.69, 9.17) is 4.74 Å². The van der Waals surface area contributed by atoms with Gasteiger partial charge in [0.25, 0.3) is 0 Å². The minimum atomic E-state index is -0.293. The summed E-state index contributed by atoms with van der Waals surface area (Å²) in [7, 11) is 0. The van der Waals surface area contributed by atoms with Crippen molar-refractivity contribution in [3.8, 4) is 5.75 Å². The molecule has 1 atom stereocenters. The van der Waals surface area contributed by atoms with E-state index in [0.29, 0.717) is 13.2 Å². The van der Waals surface area contributed by atoms with Gasteiger partial charge >= 0.3 is 6.03 Å². The number of hydrogen-bond acceptors (Lipinski definition) is 3. The van der Waals surface area contributed by atoms with Crippen molar-refractivity contribution in [3.05, 3.63) is 53.6 Å². The van der Waals surface area contributed by atoms with Crippen LogP contribution in [0.5, 0.6) is 5.75 Å². The average Bonchev–Trinajstić information content (AvgIpc) is 2.99. The zero-order valence-corrected chi connectivity index (χ0v) is 15.9. The highest BCUT2D eigenvalue weighted by Gasteiger charge is 2.31. The van der Waals surface area contributed by atoms with Crippen LogP contribution in [-0.2, 0) is 4.79 Å². The second kappa shape index (κ2) is 8.12. The molecule has 0 aliphatic carbocycles. The van der Waals surface area contributed by atoms with Crippen molar-refractivity contribution < 1.29 is 14.3 Å². The van der Waals surface area contributed by atoms with Crippen LogP contribution in [0.2, 0.25) is 0 Å². The van der Waals surface area contributed by atoms with E-state index in [1.54, 1.807) is 4.90 Å². The Hall–Kier alpha value is -3.02. The third kappa shape index (κ3) is 4.39. The molecular formula is C21H25N3O3. The molecular weight excluding hydrogens is 342 g/mol. The predicted molar refractivity (Wildman–Crippen MR) is 106 cm³/mol. The van der Waals surface area contributed by atoms with Crippen molar-refractivity contribution in [1.29, 1.82) is 0 Å². The zero-order chi connectivity index (χ0) is 19.4. The summed E-state index contributed by atoms with van der Waals surface area (Å²) in [5.41, 5.74) is 3.62. The van der Waals surface area contributed by atoms with Crippen LogP contribution < -0.4 is 20.3 Å². The van der Waals surface area contributed by atoms with Crippen LogP contribution in [0.15, 0.2) is 42.5 Å². The molecule has 0 radical (unpaired) electrons. The van der Waals surface area contributed by atoms with Crippen LogP contribution in [-0.4, -0.2) is 31.1 Å². The largest absolute Gasteiger partial charge is 0.494 e. The number of urea groups is 1. The molecule has 2 aromatic rings. The molecule has 27 heavy (non-hydrogen) atoms. The Morgan fingerprint density at radius 3 is 2.44 bits per heavy atom. The molecule has 142 valence electrons. The molecule has 0 spiro atoms. The summed E-state index contributed by atoms with van der Waals surface area (Å²) in [6, 6.07) is 12.8. The van der Waals surface area contributed by atoms with Gasteiger partial charge in [0.2, 0.25) is 5.91 Å². The van der Waals surface area contributed by atoms with Gasteiger partial charge in [-0.25, -0.2) is 4.79 Å². The Morgan fingerprint density at radius 1 is 1.15 bits per heavy atom. The van der Waals surface area contributed by atoms with E-state index in [9.17, 15) is 9.59 Å². The molecule has 3 rings (SSSR count). The SMILES string of the molecule is CCOc1ccc(N2C[C@@H](NC(=O)Nc3c(C)cccc3C)CC2=O)cc1. The van der Waals surface area contributed by atoms with E-state index >= 15 is 0 Å². The molecule has 6 heteroatoms. The second-order valence-corrected chi connectivity index (χ2v) is 6.70. The maximum absolute atomic E-state index is 12.4. The number of amides is 3. The minimum Gasteiger partial charge on any atom is -0.494 e. The lowest BCUT2D eigenvalue weighted by molar-refractivity contribution is -0.117. The Balaban J connectivity index is 1.61. The van der Waals surface area contributed by atoms with Crippen LogP contribution in [0, 0.1) is 13.8 Å². The van der Waals surface area contributed by atoms with E-state index in [2.05, 4.69) is 10.6 Å². The maximum atomic E-state index is 12.4.